The summed E-state index contributed by atoms with van der Waals surface area (Å²) in [7, 11) is 0. The number of hydrogen-bond donors (Lipinski definition) is 2. The Bertz CT molecular complexity index is 776. The fourth-order valence-electron chi connectivity index (χ4n) is 1.93. The molecule has 6 heteroatoms. The van der Waals surface area contributed by atoms with Crippen molar-refractivity contribution in [1.82, 2.24) is 4.98 Å². The smallest absolute Gasteiger partial charge is 0.189 e. The Morgan fingerprint density at radius 3 is 2.85 bits per heavy atom. The van der Waals surface area contributed by atoms with Crippen LogP contribution in [0, 0.1) is 13.8 Å². The van der Waals surface area contributed by atoms with Gasteiger partial charge in [0.25, 0.3) is 0 Å². The zero-order valence-electron chi connectivity index (χ0n) is 11.1. The third-order valence-electron chi connectivity index (χ3n) is 2.74. The first-order valence-electron chi connectivity index (χ1n) is 6.11. The molecule has 0 fully saturated rings. The van der Waals surface area contributed by atoms with Crippen LogP contribution in [0.4, 0.5) is 10.8 Å². The van der Waals surface area contributed by atoms with Gasteiger partial charge < -0.3 is 15.1 Å². The number of thiocarbonyl (C=S) groups is 1. The van der Waals surface area contributed by atoms with E-state index in [1.54, 1.807) is 11.3 Å². The number of thiazole rings is 1. The predicted octanol–water partition coefficient (Wildman–Crippen LogP) is 4.32. The van der Waals surface area contributed by atoms with E-state index in [4.69, 9.17) is 16.6 Å². The molecule has 0 unspecified atom stereocenters. The minimum atomic E-state index is 0.527. The normalized spacial score (nSPS) is 10.7. The molecule has 0 aliphatic heterocycles. The molecule has 4 nitrogen and oxygen atoms in total. The van der Waals surface area contributed by atoms with Crippen LogP contribution in [0.5, 0.6) is 0 Å². The van der Waals surface area contributed by atoms with Crippen LogP contribution in [-0.4, -0.2) is 10.1 Å². The number of hydrogen-bond acceptors (Lipinski definition) is 4. The highest BCUT2D eigenvalue weighted by atomic mass is 32.1. The average Bonchev–Trinajstić information content (AvgIpc) is 2.93. The highest BCUT2D eigenvalue weighted by molar-refractivity contribution is 7.80. The number of furan rings is 1. The van der Waals surface area contributed by atoms with Gasteiger partial charge in [-0.1, -0.05) is 0 Å². The van der Waals surface area contributed by atoms with Crippen molar-refractivity contribution in [2.45, 2.75) is 13.8 Å². The Morgan fingerprint density at radius 2 is 2.10 bits per heavy atom. The van der Waals surface area contributed by atoms with Gasteiger partial charge in [-0.3, -0.25) is 0 Å². The second kappa shape index (κ2) is 5.22. The Morgan fingerprint density at radius 1 is 1.25 bits per heavy atom. The maximum atomic E-state index is 5.54. The van der Waals surface area contributed by atoms with Gasteiger partial charge >= 0.3 is 0 Å². The van der Waals surface area contributed by atoms with Crippen molar-refractivity contribution in [3.8, 4) is 0 Å². The maximum Gasteiger partial charge on any atom is 0.189 e. The number of fused-ring (bicyclic) bond motifs is 1. The van der Waals surface area contributed by atoms with E-state index in [9.17, 15) is 0 Å². The van der Waals surface area contributed by atoms with E-state index in [1.165, 1.54) is 0 Å². The lowest BCUT2D eigenvalue weighted by molar-refractivity contribution is 0.578. The molecule has 0 bridgehead atoms. The van der Waals surface area contributed by atoms with E-state index in [-0.39, 0.29) is 0 Å². The van der Waals surface area contributed by atoms with Crippen LogP contribution in [0.2, 0.25) is 0 Å². The zero-order valence-corrected chi connectivity index (χ0v) is 12.7. The lowest BCUT2D eigenvalue weighted by atomic mass is 10.2. The minimum absolute atomic E-state index is 0.527. The monoisotopic (exact) mass is 303 g/mol. The molecular formula is C14H13N3OS2. The molecule has 0 aliphatic carbocycles. The van der Waals surface area contributed by atoms with Crippen LogP contribution in [0.3, 0.4) is 0 Å². The van der Waals surface area contributed by atoms with Crippen molar-refractivity contribution in [3.63, 3.8) is 0 Å². The van der Waals surface area contributed by atoms with Crippen LogP contribution in [0.25, 0.3) is 11.0 Å². The maximum absolute atomic E-state index is 5.54. The van der Waals surface area contributed by atoms with Crippen LogP contribution in [0.15, 0.2) is 34.9 Å². The molecule has 3 aromatic rings. The summed E-state index contributed by atoms with van der Waals surface area (Å²) in [5, 5.41) is 8.59. The van der Waals surface area contributed by atoms with Gasteiger partial charge in [-0.05, 0) is 50.3 Å². The standard InChI is InChI=1S/C14H13N3OS2/c1-8-5-10-6-11(3-4-12(10)18-8)16-13(19)17-14-15-7-9(2)20-14/h3-7H,1-2H3,(H2,15,16,17,19). The van der Waals surface area contributed by atoms with Crippen LogP contribution < -0.4 is 10.6 Å². The van der Waals surface area contributed by atoms with Crippen molar-refractivity contribution < 1.29 is 4.42 Å². The molecule has 1 aromatic carbocycles. The summed E-state index contributed by atoms with van der Waals surface area (Å²) in [4.78, 5) is 5.36. The predicted molar refractivity (Wildman–Crippen MR) is 87.6 cm³/mol. The molecule has 3 rings (SSSR count). The number of anilines is 2. The Hall–Kier alpha value is -1.92. The highest BCUT2D eigenvalue weighted by Gasteiger charge is 2.05. The van der Waals surface area contributed by atoms with E-state index >= 15 is 0 Å². The van der Waals surface area contributed by atoms with Gasteiger partial charge in [0.15, 0.2) is 10.2 Å². The lowest BCUT2D eigenvalue weighted by Crippen LogP contribution is -2.18. The second-order valence-corrected chi connectivity index (χ2v) is 6.11. The van der Waals surface area contributed by atoms with Gasteiger partial charge in [-0.15, -0.1) is 11.3 Å². The van der Waals surface area contributed by atoms with E-state index in [0.29, 0.717) is 5.11 Å². The number of rotatable bonds is 2. The first-order chi connectivity index (χ1) is 9.60. The third-order valence-corrected chi connectivity index (χ3v) is 3.77. The van der Waals surface area contributed by atoms with Crippen molar-refractivity contribution in [1.29, 1.82) is 0 Å². The van der Waals surface area contributed by atoms with E-state index < -0.39 is 0 Å². The summed E-state index contributed by atoms with van der Waals surface area (Å²) in [5.74, 6) is 0.899. The molecule has 2 N–H and O–H groups in total. The number of benzene rings is 1. The Labute approximate surface area is 125 Å². The van der Waals surface area contributed by atoms with Gasteiger partial charge in [0.2, 0.25) is 0 Å². The Kier molecular flexibility index (Phi) is 3.42. The first kappa shape index (κ1) is 13.1. The van der Waals surface area contributed by atoms with Gasteiger partial charge in [0.1, 0.15) is 11.3 Å². The molecule has 2 aromatic heterocycles. The van der Waals surface area contributed by atoms with Crippen molar-refractivity contribution in [2.75, 3.05) is 10.6 Å². The molecule has 0 aliphatic rings. The minimum Gasteiger partial charge on any atom is -0.461 e. The zero-order chi connectivity index (χ0) is 14.1. The van der Waals surface area contributed by atoms with Gasteiger partial charge in [-0.25, -0.2) is 4.98 Å². The number of nitrogens with one attached hydrogen (secondary N) is 2. The van der Waals surface area contributed by atoms with Gasteiger partial charge in [0.05, 0.1) is 0 Å². The molecule has 0 saturated carbocycles. The fourth-order valence-corrected chi connectivity index (χ4v) is 2.87. The summed E-state index contributed by atoms with van der Waals surface area (Å²) in [6, 6.07) is 7.88. The topological polar surface area (TPSA) is 50.1 Å². The summed E-state index contributed by atoms with van der Waals surface area (Å²) in [6.45, 7) is 3.94. The Balaban J connectivity index is 1.73. The highest BCUT2D eigenvalue weighted by Crippen LogP contribution is 2.23. The third kappa shape index (κ3) is 2.81. The summed E-state index contributed by atoms with van der Waals surface area (Å²) in [6.07, 6.45) is 1.82. The largest absolute Gasteiger partial charge is 0.461 e. The van der Waals surface area contributed by atoms with Crippen molar-refractivity contribution >= 4 is 50.5 Å². The molecular weight excluding hydrogens is 290 g/mol. The molecule has 0 amide bonds. The molecule has 0 atom stereocenters. The summed E-state index contributed by atoms with van der Waals surface area (Å²) < 4.78 is 5.54. The first-order valence-corrected chi connectivity index (χ1v) is 7.33. The molecule has 2 heterocycles. The van der Waals surface area contributed by atoms with Crippen molar-refractivity contribution in [3.05, 3.63) is 41.1 Å². The molecule has 102 valence electrons. The van der Waals surface area contributed by atoms with Crippen LogP contribution in [0.1, 0.15) is 10.6 Å². The average molecular weight is 303 g/mol. The van der Waals surface area contributed by atoms with Gasteiger partial charge in [0, 0.05) is 22.1 Å². The summed E-state index contributed by atoms with van der Waals surface area (Å²) in [5.41, 5.74) is 1.80. The second-order valence-electron chi connectivity index (χ2n) is 4.46. The molecule has 20 heavy (non-hydrogen) atoms. The molecule has 0 saturated heterocycles. The summed E-state index contributed by atoms with van der Waals surface area (Å²) >= 11 is 6.84. The van der Waals surface area contributed by atoms with E-state index in [1.807, 2.05) is 44.3 Å². The molecule has 0 spiro atoms. The molecule has 0 radical (unpaired) electrons. The number of nitrogens with zero attached hydrogens (tertiary/aromatic N) is 1. The van der Waals surface area contributed by atoms with E-state index in [2.05, 4.69) is 15.6 Å². The SMILES string of the molecule is Cc1cc2cc(NC(=S)Nc3ncc(C)s3)ccc2o1. The number of aromatic nitrogens is 1. The number of aryl methyl sites for hydroxylation is 2. The van der Waals surface area contributed by atoms with Crippen LogP contribution in [-0.2, 0) is 0 Å². The van der Waals surface area contributed by atoms with Crippen LogP contribution >= 0.6 is 23.6 Å². The quantitative estimate of drug-likeness (QED) is 0.691. The van der Waals surface area contributed by atoms with Gasteiger partial charge in [-0.2, -0.15) is 0 Å². The van der Waals surface area contributed by atoms with Crippen molar-refractivity contribution in [2.24, 2.45) is 0 Å². The lowest BCUT2D eigenvalue weighted by Gasteiger charge is -2.08. The fraction of sp³-hybridized carbons (Fsp3) is 0.143. The van der Waals surface area contributed by atoms with E-state index in [0.717, 1.165) is 32.4 Å².